The smallest absolute Gasteiger partial charge is 0.327 e. The predicted molar refractivity (Wildman–Crippen MR) is 83.9 cm³/mol. The molecule has 1 aliphatic carbocycles. The van der Waals surface area contributed by atoms with Gasteiger partial charge in [-0.05, 0) is 31.2 Å². The number of anilines is 2. The van der Waals surface area contributed by atoms with Crippen molar-refractivity contribution < 1.29 is 9.59 Å². The van der Waals surface area contributed by atoms with E-state index in [2.05, 4.69) is 20.6 Å². The molecule has 114 valence electrons. The third-order valence-electron chi connectivity index (χ3n) is 3.46. The first kappa shape index (κ1) is 14.5. The van der Waals surface area contributed by atoms with Gasteiger partial charge in [-0.3, -0.25) is 20.4 Å². The molecule has 2 heterocycles. The molecule has 1 aliphatic rings. The monoisotopic (exact) mass is 317 g/mol. The van der Waals surface area contributed by atoms with Gasteiger partial charge in [0.1, 0.15) is 0 Å². The fraction of sp³-hybridized carbons (Fsp3) is 0.286. The van der Waals surface area contributed by atoms with Crippen molar-refractivity contribution in [3.05, 3.63) is 34.6 Å². The van der Waals surface area contributed by atoms with Crippen LogP contribution in [0.3, 0.4) is 0 Å². The van der Waals surface area contributed by atoms with Crippen LogP contribution in [0.25, 0.3) is 0 Å². The third-order valence-corrected chi connectivity index (χ3v) is 4.58. The van der Waals surface area contributed by atoms with Crippen LogP contribution in [0.5, 0.6) is 0 Å². The number of hydrogen-bond donors (Lipinski definition) is 3. The summed E-state index contributed by atoms with van der Waals surface area (Å²) < 4.78 is 0. The van der Waals surface area contributed by atoms with Gasteiger partial charge >= 0.3 is 6.03 Å². The number of urea groups is 1. The van der Waals surface area contributed by atoms with Crippen molar-refractivity contribution in [2.45, 2.75) is 25.7 Å². The highest BCUT2D eigenvalue weighted by Gasteiger charge is 2.25. The fourth-order valence-corrected chi connectivity index (χ4v) is 3.67. The summed E-state index contributed by atoms with van der Waals surface area (Å²) in [6.07, 6.45) is 8.26. The van der Waals surface area contributed by atoms with Crippen molar-refractivity contribution in [1.82, 2.24) is 15.3 Å². The van der Waals surface area contributed by atoms with Gasteiger partial charge in [0.05, 0.1) is 16.8 Å². The van der Waals surface area contributed by atoms with E-state index < -0.39 is 11.9 Å². The van der Waals surface area contributed by atoms with Gasteiger partial charge < -0.3 is 5.73 Å². The van der Waals surface area contributed by atoms with E-state index in [1.54, 1.807) is 0 Å². The number of hydrogen-bond acceptors (Lipinski definition) is 6. The number of nitrogens with two attached hydrogens (primary N) is 1. The van der Waals surface area contributed by atoms with Crippen LogP contribution in [-0.4, -0.2) is 21.9 Å². The Morgan fingerprint density at radius 1 is 1.23 bits per heavy atom. The SMILES string of the molecule is Nc1sc2c(c1C(=O)NC(=O)Nc1cnccn1)CCCC2. The lowest BCUT2D eigenvalue weighted by atomic mass is 9.95. The normalized spacial score (nSPS) is 13.3. The number of rotatable bonds is 2. The van der Waals surface area contributed by atoms with E-state index in [0.717, 1.165) is 36.1 Å². The molecule has 0 spiro atoms. The van der Waals surface area contributed by atoms with Crippen LogP contribution in [0.4, 0.5) is 15.6 Å². The van der Waals surface area contributed by atoms with E-state index in [1.807, 2.05) is 0 Å². The van der Waals surface area contributed by atoms with Crippen LogP contribution in [0.15, 0.2) is 18.6 Å². The summed E-state index contributed by atoms with van der Waals surface area (Å²) in [4.78, 5) is 33.1. The summed E-state index contributed by atoms with van der Waals surface area (Å²) >= 11 is 1.44. The summed E-state index contributed by atoms with van der Waals surface area (Å²) in [6.45, 7) is 0. The van der Waals surface area contributed by atoms with Crippen molar-refractivity contribution in [2.75, 3.05) is 11.1 Å². The molecule has 0 atom stereocenters. The van der Waals surface area contributed by atoms with E-state index >= 15 is 0 Å². The fourth-order valence-electron chi connectivity index (χ4n) is 2.51. The van der Waals surface area contributed by atoms with E-state index in [9.17, 15) is 9.59 Å². The van der Waals surface area contributed by atoms with Gasteiger partial charge in [0.15, 0.2) is 5.82 Å². The number of carbonyl (C=O) groups is 2. The minimum atomic E-state index is -0.652. The summed E-state index contributed by atoms with van der Waals surface area (Å²) in [6, 6.07) is -0.652. The molecule has 0 saturated carbocycles. The molecule has 3 rings (SSSR count). The maximum atomic E-state index is 12.3. The van der Waals surface area contributed by atoms with Crippen molar-refractivity contribution in [1.29, 1.82) is 0 Å². The highest BCUT2D eigenvalue weighted by Crippen LogP contribution is 2.36. The van der Waals surface area contributed by atoms with Gasteiger partial charge in [0.25, 0.3) is 5.91 Å². The molecular weight excluding hydrogens is 302 g/mol. The molecule has 0 aromatic carbocycles. The summed E-state index contributed by atoms with van der Waals surface area (Å²) in [5, 5.41) is 5.21. The lowest BCUT2D eigenvalue weighted by molar-refractivity contribution is 0.0967. The zero-order chi connectivity index (χ0) is 15.5. The summed E-state index contributed by atoms with van der Waals surface area (Å²) in [5.41, 5.74) is 7.38. The molecule has 2 aromatic rings. The van der Waals surface area contributed by atoms with Gasteiger partial charge in [0.2, 0.25) is 0 Å². The minimum Gasteiger partial charge on any atom is -0.390 e. The Morgan fingerprint density at radius 2 is 2.05 bits per heavy atom. The standard InChI is InChI=1S/C14H15N5O2S/c15-12-11(8-3-1-2-4-9(8)22-12)13(20)19-14(21)18-10-7-16-5-6-17-10/h5-7H,1-4,15H2,(H2,17,18,19,20,21). The average molecular weight is 317 g/mol. The summed E-state index contributed by atoms with van der Waals surface area (Å²) in [7, 11) is 0. The first-order valence-electron chi connectivity index (χ1n) is 6.93. The van der Waals surface area contributed by atoms with Gasteiger partial charge in [-0.15, -0.1) is 11.3 Å². The molecule has 0 saturated heterocycles. The van der Waals surface area contributed by atoms with Crippen LogP contribution in [0.1, 0.15) is 33.6 Å². The molecular formula is C14H15N5O2S. The van der Waals surface area contributed by atoms with Crippen LogP contribution < -0.4 is 16.4 Å². The number of nitrogens with one attached hydrogen (secondary N) is 2. The lowest BCUT2D eigenvalue weighted by Crippen LogP contribution is -2.35. The molecule has 2 aromatic heterocycles. The maximum absolute atomic E-state index is 12.3. The van der Waals surface area contributed by atoms with E-state index in [0.29, 0.717) is 10.6 Å². The number of nitrogen functional groups attached to an aromatic ring is 1. The summed E-state index contributed by atoms with van der Waals surface area (Å²) in [5.74, 6) is -0.202. The molecule has 3 amide bonds. The molecule has 0 bridgehead atoms. The highest BCUT2D eigenvalue weighted by atomic mass is 32.1. The lowest BCUT2D eigenvalue weighted by Gasteiger charge is -2.12. The van der Waals surface area contributed by atoms with Crippen LogP contribution in [-0.2, 0) is 12.8 Å². The molecule has 0 aliphatic heterocycles. The van der Waals surface area contributed by atoms with E-state index in [4.69, 9.17) is 5.73 Å². The Bertz CT molecular complexity index is 714. The molecule has 7 nitrogen and oxygen atoms in total. The number of aryl methyl sites for hydroxylation is 1. The van der Waals surface area contributed by atoms with Crippen molar-refractivity contribution in [3.63, 3.8) is 0 Å². The van der Waals surface area contributed by atoms with E-state index in [-0.39, 0.29) is 5.82 Å². The Hall–Kier alpha value is -2.48. The Labute approximate surface area is 131 Å². The Morgan fingerprint density at radius 3 is 2.82 bits per heavy atom. The maximum Gasteiger partial charge on any atom is 0.327 e. The zero-order valence-corrected chi connectivity index (χ0v) is 12.6. The first-order chi connectivity index (χ1) is 10.6. The Balaban J connectivity index is 1.72. The van der Waals surface area contributed by atoms with Gasteiger partial charge in [-0.2, -0.15) is 0 Å². The number of imide groups is 1. The van der Waals surface area contributed by atoms with Crippen LogP contribution >= 0.6 is 11.3 Å². The molecule has 0 radical (unpaired) electrons. The second-order valence-corrected chi connectivity index (χ2v) is 6.09. The first-order valence-corrected chi connectivity index (χ1v) is 7.75. The van der Waals surface area contributed by atoms with Gasteiger partial charge in [-0.1, -0.05) is 0 Å². The Kier molecular flexibility index (Phi) is 4.01. The third kappa shape index (κ3) is 2.91. The van der Waals surface area contributed by atoms with E-state index in [1.165, 1.54) is 29.9 Å². The highest BCUT2D eigenvalue weighted by molar-refractivity contribution is 7.16. The number of aromatic nitrogens is 2. The van der Waals surface area contributed by atoms with Gasteiger partial charge in [-0.25, -0.2) is 9.78 Å². The van der Waals surface area contributed by atoms with Crippen molar-refractivity contribution in [2.24, 2.45) is 0 Å². The second kappa shape index (κ2) is 6.10. The number of fused-ring (bicyclic) bond motifs is 1. The van der Waals surface area contributed by atoms with Crippen molar-refractivity contribution in [3.8, 4) is 0 Å². The molecule has 22 heavy (non-hydrogen) atoms. The predicted octanol–water partition coefficient (Wildman–Crippen LogP) is 1.96. The van der Waals surface area contributed by atoms with Crippen molar-refractivity contribution >= 4 is 34.1 Å². The van der Waals surface area contributed by atoms with Crippen LogP contribution in [0, 0.1) is 0 Å². The number of thiophene rings is 1. The molecule has 8 heteroatoms. The van der Waals surface area contributed by atoms with Gasteiger partial charge in [0, 0.05) is 17.3 Å². The number of carbonyl (C=O) groups excluding carboxylic acids is 2. The molecule has 0 fully saturated rings. The topological polar surface area (TPSA) is 110 Å². The minimum absolute atomic E-state index is 0.271. The molecule has 0 unspecified atom stereocenters. The molecule has 4 N–H and O–H groups in total. The quantitative estimate of drug-likeness (QED) is 0.784. The average Bonchev–Trinajstić information content (AvgIpc) is 2.83. The second-order valence-electron chi connectivity index (χ2n) is 4.95. The number of amides is 3. The number of nitrogens with zero attached hydrogens (tertiary/aromatic N) is 2. The zero-order valence-electron chi connectivity index (χ0n) is 11.8. The largest absolute Gasteiger partial charge is 0.390 e. The van der Waals surface area contributed by atoms with Crippen LogP contribution in [0.2, 0.25) is 0 Å².